The zero-order chi connectivity index (χ0) is 22.5. The summed E-state index contributed by atoms with van der Waals surface area (Å²) in [6.45, 7) is 5.85. The molecule has 2 unspecified atom stereocenters. The maximum absolute atomic E-state index is 11.8. The molecule has 31 heavy (non-hydrogen) atoms. The number of hydrogen-bond donors (Lipinski definition) is 3. The Kier molecular flexibility index (Phi) is 7.55. The topological polar surface area (TPSA) is 111 Å². The smallest absolute Gasteiger partial charge is 0.407 e. The molecule has 1 aliphatic rings. The predicted octanol–water partition coefficient (Wildman–Crippen LogP) is 3.56. The number of nitrogens with zero attached hydrogens (tertiary/aromatic N) is 3. The lowest BCUT2D eigenvalue weighted by molar-refractivity contribution is 0.0552. The van der Waals surface area contributed by atoms with Crippen LogP contribution < -0.4 is 5.32 Å². The Hall–Kier alpha value is -2.59. The van der Waals surface area contributed by atoms with Gasteiger partial charge in [0.1, 0.15) is 5.82 Å². The van der Waals surface area contributed by atoms with E-state index in [0.29, 0.717) is 32.0 Å². The van der Waals surface area contributed by atoms with Crippen molar-refractivity contribution in [2.75, 3.05) is 33.3 Å². The zero-order valence-electron chi connectivity index (χ0n) is 17.8. The number of carbonyl (C=O) groups is 2. The van der Waals surface area contributed by atoms with E-state index in [1.165, 1.54) is 12.0 Å². The van der Waals surface area contributed by atoms with Crippen LogP contribution in [0.25, 0.3) is 11.3 Å². The van der Waals surface area contributed by atoms with E-state index in [9.17, 15) is 14.7 Å². The third-order valence-electron chi connectivity index (χ3n) is 5.55. The average molecular weight is 494 g/mol. The normalized spacial score (nSPS) is 18.1. The minimum Gasteiger partial charge on any atom is -0.465 e. The monoisotopic (exact) mass is 493 g/mol. The van der Waals surface area contributed by atoms with Gasteiger partial charge in [0.2, 0.25) is 0 Å². The quantitative estimate of drug-likeness (QED) is 0.567. The first-order valence-corrected chi connectivity index (χ1v) is 10.9. The number of methoxy groups -OCH3 is 1. The second-order valence-electron chi connectivity index (χ2n) is 7.91. The molecule has 0 spiro atoms. The Morgan fingerprint density at radius 2 is 2.03 bits per heavy atom. The number of amides is 2. The van der Waals surface area contributed by atoms with Gasteiger partial charge in [-0.05, 0) is 23.6 Å². The molecule has 9 nitrogen and oxygen atoms in total. The number of halogens is 1. The van der Waals surface area contributed by atoms with Gasteiger partial charge in [0.05, 0.1) is 25.0 Å². The number of aromatic amines is 1. The average Bonchev–Trinajstić information content (AvgIpc) is 3.23. The highest BCUT2D eigenvalue weighted by Gasteiger charge is 2.34. The van der Waals surface area contributed by atoms with E-state index in [0.717, 1.165) is 15.7 Å². The highest BCUT2D eigenvalue weighted by atomic mass is 79.9. The number of ether oxygens (including phenoxy) is 1. The maximum atomic E-state index is 11.8. The number of aromatic nitrogens is 2. The standard InChI is InChI=1S/C21H28BrN5O4/c1-13(2)17(25-20(28)31-3)11-26-8-9-27(21(29)30)12-18(26)19-23-10-16(24-19)14-4-6-15(22)7-5-14/h4-7,10,13,17-18H,8-9,11-12H2,1-3H3,(H,23,24)(H,25,28)(H,29,30). The number of nitrogens with one attached hydrogen (secondary N) is 2. The summed E-state index contributed by atoms with van der Waals surface area (Å²) in [5.41, 5.74) is 1.86. The fraction of sp³-hybridized carbons (Fsp3) is 0.476. The number of piperazine rings is 1. The molecule has 3 N–H and O–H groups in total. The Bertz CT molecular complexity index is 901. The van der Waals surface area contributed by atoms with E-state index in [4.69, 9.17) is 4.74 Å². The molecule has 0 radical (unpaired) electrons. The summed E-state index contributed by atoms with van der Waals surface area (Å²) in [5.74, 6) is 0.872. The Morgan fingerprint density at radius 3 is 2.65 bits per heavy atom. The minimum absolute atomic E-state index is 0.146. The van der Waals surface area contributed by atoms with Crippen molar-refractivity contribution in [1.29, 1.82) is 0 Å². The molecular formula is C21H28BrN5O4. The van der Waals surface area contributed by atoms with Crippen LogP contribution in [0.3, 0.4) is 0 Å². The molecule has 2 amide bonds. The van der Waals surface area contributed by atoms with Gasteiger partial charge in [-0.15, -0.1) is 0 Å². The number of carboxylic acid groups (broad SMARTS) is 1. The molecule has 2 heterocycles. The molecule has 1 saturated heterocycles. The lowest BCUT2D eigenvalue weighted by Gasteiger charge is -2.41. The van der Waals surface area contributed by atoms with Crippen molar-refractivity contribution in [3.63, 3.8) is 0 Å². The zero-order valence-corrected chi connectivity index (χ0v) is 19.4. The number of hydrogen-bond acceptors (Lipinski definition) is 5. The van der Waals surface area contributed by atoms with E-state index < -0.39 is 12.2 Å². The molecule has 1 aliphatic heterocycles. The van der Waals surface area contributed by atoms with Gasteiger partial charge in [-0.25, -0.2) is 14.6 Å². The summed E-state index contributed by atoms with van der Waals surface area (Å²) in [5, 5.41) is 12.4. The van der Waals surface area contributed by atoms with Gasteiger partial charge in [-0.2, -0.15) is 0 Å². The third kappa shape index (κ3) is 5.76. The second-order valence-corrected chi connectivity index (χ2v) is 8.83. The molecule has 0 saturated carbocycles. The molecule has 1 fully saturated rings. The number of alkyl carbamates (subject to hydrolysis) is 1. The van der Waals surface area contributed by atoms with Crippen LogP contribution in [0.5, 0.6) is 0 Å². The van der Waals surface area contributed by atoms with E-state index in [2.05, 4.69) is 36.1 Å². The van der Waals surface area contributed by atoms with E-state index in [1.54, 1.807) is 6.20 Å². The number of benzene rings is 1. The first kappa shape index (κ1) is 23.1. The van der Waals surface area contributed by atoms with Gasteiger partial charge in [0.15, 0.2) is 0 Å². The highest BCUT2D eigenvalue weighted by Crippen LogP contribution is 2.27. The Labute approximate surface area is 189 Å². The number of rotatable bonds is 6. The number of H-pyrrole nitrogens is 1. The van der Waals surface area contributed by atoms with Crippen molar-refractivity contribution in [3.05, 3.63) is 40.8 Å². The van der Waals surface area contributed by atoms with Crippen molar-refractivity contribution in [2.24, 2.45) is 5.92 Å². The van der Waals surface area contributed by atoms with Crippen LogP contribution in [0.4, 0.5) is 9.59 Å². The predicted molar refractivity (Wildman–Crippen MR) is 120 cm³/mol. The molecule has 1 aromatic carbocycles. The van der Waals surface area contributed by atoms with Crippen LogP contribution in [0.1, 0.15) is 25.7 Å². The fourth-order valence-electron chi connectivity index (χ4n) is 3.64. The summed E-state index contributed by atoms with van der Waals surface area (Å²) in [4.78, 5) is 34.9. The first-order valence-electron chi connectivity index (χ1n) is 10.2. The number of carbonyl (C=O) groups excluding carboxylic acids is 1. The molecule has 0 aliphatic carbocycles. The molecule has 168 valence electrons. The van der Waals surface area contributed by atoms with Crippen LogP contribution in [0.2, 0.25) is 0 Å². The van der Waals surface area contributed by atoms with Gasteiger partial charge < -0.3 is 25.0 Å². The molecule has 0 bridgehead atoms. The van der Waals surface area contributed by atoms with Gasteiger partial charge in [-0.1, -0.05) is 41.9 Å². The Morgan fingerprint density at radius 1 is 1.32 bits per heavy atom. The summed E-state index contributed by atoms with van der Waals surface area (Å²) >= 11 is 3.44. The van der Waals surface area contributed by atoms with Gasteiger partial charge in [-0.3, -0.25) is 4.90 Å². The van der Waals surface area contributed by atoms with Gasteiger partial charge >= 0.3 is 12.2 Å². The summed E-state index contributed by atoms with van der Waals surface area (Å²) in [6.07, 6.45) is 0.343. The highest BCUT2D eigenvalue weighted by molar-refractivity contribution is 9.10. The lowest BCUT2D eigenvalue weighted by atomic mass is 10.0. The van der Waals surface area contributed by atoms with Crippen LogP contribution in [-0.4, -0.2) is 76.4 Å². The van der Waals surface area contributed by atoms with Crippen LogP contribution in [-0.2, 0) is 4.74 Å². The van der Waals surface area contributed by atoms with Crippen LogP contribution in [0, 0.1) is 5.92 Å². The van der Waals surface area contributed by atoms with Crippen molar-refractivity contribution in [3.8, 4) is 11.3 Å². The molecule has 2 aromatic rings. The summed E-state index contributed by atoms with van der Waals surface area (Å²) in [6, 6.07) is 7.49. The van der Waals surface area contributed by atoms with Crippen molar-refractivity contribution in [1.82, 2.24) is 25.1 Å². The van der Waals surface area contributed by atoms with Crippen LogP contribution in [0.15, 0.2) is 34.9 Å². The second kappa shape index (κ2) is 10.1. The Balaban J connectivity index is 1.84. The van der Waals surface area contributed by atoms with Gasteiger partial charge in [0, 0.05) is 36.7 Å². The minimum atomic E-state index is -0.947. The van der Waals surface area contributed by atoms with Crippen molar-refractivity contribution < 1.29 is 19.4 Å². The van der Waals surface area contributed by atoms with E-state index in [1.807, 2.05) is 38.1 Å². The third-order valence-corrected chi connectivity index (χ3v) is 6.08. The molecule has 2 atom stereocenters. The number of imidazole rings is 1. The summed E-state index contributed by atoms with van der Waals surface area (Å²) < 4.78 is 5.75. The van der Waals surface area contributed by atoms with Crippen molar-refractivity contribution >= 4 is 28.1 Å². The molecule has 3 rings (SSSR count). The molecule has 1 aromatic heterocycles. The fourth-order valence-corrected chi connectivity index (χ4v) is 3.90. The molecular weight excluding hydrogens is 466 g/mol. The van der Waals surface area contributed by atoms with E-state index >= 15 is 0 Å². The largest absolute Gasteiger partial charge is 0.465 e. The SMILES string of the molecule is COC(=O)NC(CN1CCN(C(=O)O)CC1c1ncc(-c2ccc(Br)cc2)[nH]1)C(C)C. The maximum Gasteiger partial charge on any atom is 0.407 e. The van der Waals surface area contributed by atoms with E-state index in [-0.39, 0.29) is 18.0 Å². The first-order chi connectivity index (χ1) is 14.8. The molecule has 10 heteroatoms. The lowest BCUT2D eigenvalue weighted by Crippen LogP contribution is -2.55. The summed E-state index contributed by atoms with van der Waals surface area (Å²) in [7, 11) is 1.34. The van der Waals surface area contributed by atoms with Gasteiger partial charge in [0.25, 0.3) is 0 Å². The van der Waals surface area contributed by atoms with Crippen LogP contribution >= 0.6 is 15.9 Å². The van der Waals surface area contributed by atoms with Crippen molar-refractivity contribution in [2.45, 2.75) is 25.9 Å².